The summed E-state index contributed by atoms with van der Waals surface area (Å²) in [7, 11) is 0. The summed E-state index contributed by atoms with van der Waals surface area (Å²) in [6.07, 6.45) is 4.85. The van der Waals surface area contributed by atoms with Crippen molar-refractivity contribution in [2.75, 3.05) is 0 Å². The average Bonchev–Trinajstić information content (AvgIpc) is 2.64. The maximum absolute atomic E-state index is 12.2. The van der Waals surface area contributed by atoms with Gasteiger partial charge < -0.3 is 10.4 Å². The van der Waals surface area contributed by atoms with E-state index in [4.69, 9.17) is 0 Å². The van der Waals surface area contributed by atoms with Crippen molar-refractivity contribution in [2.45, 2.75) is 51.0 Å². The Morgan fingerprint density at radius 3 is 2.32 bits per heavy atom. The number of aliphatic carboxylic acids is 1. The topological polar surface area (TPSA) is 66.4 Å². The zero-order valence-corrected chi connectivity index (χ0v) is 11.9. The number of aryl methyl sites for hydroxylation is 1. The van der Waals surface area contributed by atoms with Crippen LogP contribution in [0.5, 0.6) is 0 Å². The number of carboxylic acid groups (broad SMARTS) is 1. The van der Waals surface area contributed by atoms with Gasteiger partial charge in [0.2, 0.25) is 0 Å². The van der Waals surface area contributed by atoms with Crippen molar-refractivity contribution >= 4 is 23.2 Å². The molecule has 1 aromatic rings. The highest BCUT2D eigenvalue weighted by Crippen LogP contribution is 2.28. The minimum absolute atomic E-state index is 0.261. The second-order valence-electron chi connectivity index (χ2n) is 5.22. The van der Waals surface area contributed by atoms with Crippen molar-refractivity contribution in [3.8, 4) is 0 Å². The molecular formula is C14H19NO3S. The lowest BCUT2D eigenvalue weighted by atomic mass is 9.90. The fourth-order valence-electron chi connectivity index (χ4n) is 2.60. The van der Waals surface area contributed by atoms with E-state index < -0.39 is 11.5 Å². The van der Waals surface area contributed by atoms with E-state index in [0.29, 0.717) is 18.4 Å². The Morgan fingerprint density at radius 1 is 1.21 bits per heavy atom. The van der Waals surface area contributed by atoms with E-state index in [2.05, 4.69) is 5.32 Å². The average molecular weight is 281 g/mol. The Kier molecular flexibility index (Phi) is 4.24. The van der Waals surface area contributed by atoms with Gasteiger partial charge in [0.15, 0.2) is 0 Å². The number of nitrogens with one attached hydrogen (secondary N) is 1. The number of thiophene rings is 1. The summed E-state index contributed by atoms with van der Waals surface area (Å²) in [6.45, 7) is 1.87. The van der Waals surface area contributed by atoms with Gasteiger partial charge in [-0.1, -0.05) is 25.7 Å². The van der Waals surface area contributed by atoms with Gasteiger partial charge in [-0.3, -0.25) is 4.79 Å². The number of rotatable bonds is 3. The van der Waals surface area contributed by atoms with E-state index in [1.807, 2.05) is 12.3 Å². The normalized spacial score (nSPS) is 18.6. The first-order valence-corrected chi connectivity index (χ1v) is 7.58. The quantitative estimate of drug-likeness (QED) is 0.837. The lowest BCUT2D eigenvalue weighted by molar-refractivity contribution is -0.145. The number of carbonyl (C=O) groups excluding carboxylic acids is 1. The molecule has 0 spiro atoms. The first kappa shape index (κ1) is 14.1. The summed E-state index contributed by atoms with van der Waals surface area (Å²) in [4.78, 5) is 23.9. The van der Waals surface area contributed by atoms with Gasteiger partial charge in [0.1, 0.15) is 5.54 Å². The summed E-state index contributed by atoms with van der Waals surface area (Å²) < 4.78 is 0. The lowest BCUT2D eigenvalue weighted by Crippen LogP contribution is -2.54. The van der Waals surface area contributed by atoms with Crippen molar-refractivity contribution < 1.29 is 14.7 Å². The Hall–Kier alpha value is -1.36. The second-order valence-corrected chi connectivity index (χ2v) is 5.97. The van der Waals surface area contributed by atoms with E-state index >= 15 is 0 Å². The smallest absolute Gasteiger partial charge is 0.329 e. The van der Waals surface area contributed by atoms with Crippen LogP contribution in [0.3, 0.4) is 0 Å². The zero-order valence-electron chi connectivity index (χ0n) is 11.1. The minimum atomic E-state index is -1.08. The standard InChI is InChI=1S/C14H19NO3S/c1-10-8-19-9-11(10)12(16)15-14(13(17)18)6-4-2-3-5-7-14/h8-9H,2-7H2,1H3,(H,15,16)(H,17,18). The van der Waals surface area contributed by atoms with Gasteiger partial charge in [-0.25, -0.2) is 4.79 Å². The van der Waals surface area contributed by atoms with Gasteiger partial charge in [-0.15, -0.1) is 0 Å². The van der Waals surface area contributed by atoms with Gasteiger partial charge in [0, 0.05) is 5.38 Å². The predicted molar refractivity (Wildman–Crippen MR) is 74.6 cm³/mol. The van der Waals surface area contributed by atoms with Crippen LogP contribution in [0.1, 0.15) is 54.4 Å². The molecule has 0 aliphatic heterocycles. The molecule has 4 nitrogen and oxygen atoms in total. The molecule has 1 fully saturated rings. The summed E-state index contributed by atoms with van der Waals surface area (Å²) in [5.41, 5.74) is 0.411. The van der Waals surface area contributed by atoms with Crippen LogP contribution in [0.25, 0.3) is 0 Å². The molecule has 1 heterocycles. The second kappa shape index (κ2) is 5.74. The highest BCUT2D eigenvalue weighted by atomic mass is 32.1. The van der Waals surface area contributed by atoms with Crippen molar-refractivity contribution in [3.05, 3.63) is 21.9 Å². The Labute approximate surface area is 116 Å². The molecular weight excluding hydrogens is 262 g/mol. The molecule has 1 aliphatic rings. The fourth-order valence-corrected chi connectivity index (χ4v) is 3.43. The maximum atomic E-state index is 12.2. The SMILES string of the molecule is Cc1cscc1C(=O)NC1(C(=O)O)CCCCCC1. The largest absolute Gasteiger partial charge is 0.480 e. The van der Waals surface area contributed by atoms with E-state index in [9.17, 15) is 14.7 Å². The monoisotopic (exact) mass is 281 g/mol. The molecule has 104 valence electrons. The molecule has 2 rings (SSSR count). The third-order valence-electron chi connectivity index (χ3n) is 3.82. The van der Waals surface area contributed by atoms with Gasteiger partial charge in [0.25, 0.3) is 5.91 Å². The molecule has 5 heteroatoms. The number of carboxylic acids is 1. The molecule has 0 radical (unpaired) electrons. The van der Waals surface area contributed by atoms with Gasteiger partial charge in [-0.2, -0.15) is 11.3 Å². The number of carbonyl (C=O) groups is 2. The molecule has 19 heavy (non-hydrogen) atoms. The minimum Gasteiger partial charge on any atom is -0.480 e. The Morgan fingerprint density at radius 2 is 1.84 bits per heavy atom. The zero-order chi connectivity index (χ0) is 13.9. The number of hydrogen-bond donors (Lipinski definition) is 2. The molecule has 1 amide bonds. The molecule has 0 bridgehead atoms. The highest BCUT2D eigenvalue weighted by Gasteiger charge is 2.40. The van der Waals surface area contributed by atoms with Crippen molar-refractivity contribution in [3.63, 3.8) is 0 Å². The van der Waals surface area contributed by atoms with Gasteiger partial charge >= 0.3 is 5.97 Å². The van der Waals surface area contributed by atoms with Crippen LogP contribution in [0, 0.1) is 6.92 Å². The third-order valence-corrected chi connectivity index (χ3v) is 4.68. The molecule has 1 saturated carbocycles. The van der Waals surface area contributed by atoms with Crippen molar-refractivity contribution in [1.29, 1.82) is 0 Å². The van der Waals surface area contributed by atoms with Crippen molar-refractivity contribution in [1.82, 2.24) is 5.32 Å². The summed E-state index contributed by atoms with van der Waals surface area (Å²) in [6, 6.07) is 0. The molecule has 0 atom stereocenters. The molecule has 0 aromatic carbocycles. The van der Waals surface area contributed by atoms with Crippen LogP contribution in [0.15, 0.2) is 10.8 Å². The molecule has 0 unspecified atom stereocenters. The van der Waals surface area contributed by atoms with E-state index in [0.717, 1.165) is 31.2 Å². The highest BCUT2D eigenvalue weighted by molar-refractivity contribution is 7.08. The van der Waals surface area contributed by atoms with E-state index in [1.165, 1.54) is 11.3 Å². The van der Waals surface area contributed by atoms with Crippen LogP contribution in [-0.4, -0.2) is 22.5 Å². The molecule has 1 aliphatic carbocycles. The van der Waals surface area contributed by atoms with Crippen LogP contribution >= 0.6 is 11.3 Å². The molecule has 2 N–H and O–H groups in total. The predicted octanol–water partition coefficient (Wildman–Crippen LogP) is 2.96. The van der Waals surface area contributed by atoms with Crippen LogP contribution < -0.4 is 5.32 Å². The molecule has 1 aromatic heterocycles. The van der Waals surface area contributed by atoms with Crippen LogP contribution in [0.4, 0.5) is 0 Å². The fraction of sp³-hybridized carbons (Fsp3) is 0.571. The van der Waals surface area contributed by atoms with Gasteiger partial charge in [0.05, 0.1) is 5.56 Å². The third kappa shape index (κ3) is 2.97. The van der Waals surface area contributed by atoms with Crippen LogP contribution in [0.2, 0.25) is 0 Å². The Bertz CT molecular complexity index is 473. The first-order valence-electron chi connectivity index (χ1n) is 6.64. The first-order chi connectivity index (χ1) is 9.05. The maximum Gasteiger partial charge on any atom is 0.329 e. The van der Waals surface area contributed by atoms with E-state index in [1.54, 1.807) is 5.38 Å². The van der Waals surface area contributed by atoms with Crippen LogP contribution in [-0.2, 0) is 4.79 Å². The van der Waals surface area contributed by atoms with E-state index in [-0.39, 0.29) is 5.91 Å². The van der Waals surface area contributed by atoms with Gasteiger partial charge in [-0.05, 0) is 30.7 Å². The Balaban J connectivity index is 2.19. The summed E-state index contributed by atoms with van der Waals surface area (Å²) in [5, 5.41) is 16.0. The number of hydrogen-bond acceptors (Lipinski definition) is 3. The number of amides is 1. The lowest BCUT2D eigenvalue weighted by Gasteiger charge is -2.29. The summed E-state index contributed by atoms with van der Waals surface area (Å²) in [5.74, 6) is -1.17. The van der Waals surface area contributed by atoms with Crippen molar-refractivity contribution in [2.24, 2.45) is 0 Å². The molecule has 0 saturated heterocycles. The summed E-state index contributed by atoms with van der Waals surface area (Å²) >= 11 is 1.46.